The van der Waals surface area contributed by atoms with E-state index in [1.165, 1.54) is 14.2 Å². The number of rotatable bonds is 4. The van der Waals surface area contributed by atoms with Gasteiger partial charge >= 0.3 is 12.4 Å². The van der Waals surface area contributed by atoms with Gasteiger partial charge in [-0.15, -0.1) is 0 Å². The Labute approximate surface area is 144 Å². The van der Waals surface area contributed by atoms with Crippen molar-refractivity contribution in [2.45, 2.75) is 75.9 Å². The van der Waals surface area contributed by atoms with Gasteiger partial charge in [0.1, 0.15) is 0 Å². The first kappa shape index (κ1) is 20.8. The minimum absolute atomic E-state index is 0.109. The molecule has 25 heavy (non-hydrogen) atoms. The van der Waals surface area contributed by atoms with Gasteiger partial charge in [-0.25, -0.2) is 0 Å². The molecule has 0 bridgehead atoms. The SMILES string of the molecule is COC1CCC(C(C2CCC(OC)CC2)(C(F)(F)F)C(F)(F)F)CC1. The van der Waals surface area contributed by atoms with Gasteiger partial charge in [0.2, 0.25) is 0 Å². The molecule has 148 valence electrons. The van der Waals surface area contributed by atoms with Crippen LogP contribution in [-0.2, 0) is 9.47 Å². The molecule has 0 aromatic heterocycles. The van der Waals surface area contributed by atoms with Crippen LogP contribution in [0.25, 0.3) is 0 Å². The Morgan fingerprint density at radius 3 is 1.04 bits per heavy atom. The standard InChI is InChI=1S/C17H26F6O2/c1-24-13-7-3-11(4-8-13)15(16(18,19)20,17(21,22)23)12-5-9-14(25-2)10-6-12/h11-14H,3-10H2,1-2H3. The molecule has 0 aromatic rings. The van der Waals surface area contributed by atoms with Gasteiger partial charge in [-0.2, -0.15) is 26.3 Å². The summed E-state index contributed by atoms with van der Waals surface area (Å²) in [5.74, 6) is -2.88. The fraction of sp³-hybridized carbons (Fsp3) is 1.00. The fourth-order valence-electron chi connectivity index (χ4n) is 4.93. The van der Waals surface area contributed by atoms with Crippen LogP contribution in [-0.4, -0.2) is 38.8 Å². The van der Waals surface area contributed by atoms with Crippen LogP contribution >= 0.6 is 0 Å². The summed E-state index contributed by atoms with van der Waals surface area (Å²) in [4.78, 5) is 0. The summed E-state index contributed by atoms with van der Waals surface area (Å²) >= 11 is 0. The monoisotopic (exact) mass is 376 g/mol. The molecule has 0 radical (unpaired) electrons. The zero-order chi connectivity index (χ0) is 18.9. The molecule has 2 rings (SSSR count). The quantitative estimate of drug-likeness (QED) is 0.603. The van der Waals surface area contributed by atoms with Crippen LogP contribution in [0.2, 0.25) is 0 Å². The van der Waals surface area contributed by atoms with E-state index in [0.717, 1.165) is 0 Å². The van der Waals surface area contributed by atoms with Crippen LogP contribution < -0.4 is 0 Å². The molecular weight excluding hydrogens is 350 g/mol. The Morgan fingerprint density at radius 1 is 0.560 bits per heavy atom. The highest BCUT2D eigenvalue weighted by Crippen LogP contribution is 2.64. The molecule has 2 aliphatic carbocycles. The summed E-state index contributed by atoms with van der Waals surface area (Å²) in [7, 11) is 2.88. The molecule has 0 heterocycles. The molecule has 0 saturated heterocycles. The van der Waals surface area contributed by atoms with Crippen molar-refractivity contribution in [3.8, 4) is 0 Å². The van der Waals surface area contributed by atoms with Crippen molar-refractivity contribution in [1.82, 2.24) is 0 Å². The van der Waals surface area contributed by atoms with E-state index in [1.807, 2.05) is 0 Å². The first-order valence-electron chi connectivity index (χ1n) is 8.77. The predicted octanol–water partition coefficient (Wildman–Crippen LogP) is 5.51. The van der Waals surface area contributed by atoms with Crippen LogP contribution in [0.1, 0.15) is 51.4 Å². The summed E-state index contributed by atoms with van der Waals surface area (Å²) in [6, 6.07) is 0. The topological polar surface area (TPSA) is 18.5 Å². The number of ether oxygens (including phenoxy) is 2. The van der Waals surface area contributed by atoms with E-state index >= 15 is 0 Å². The maximum absolute atomic E-state index is 14.0. The third-order valence-electron chi connectivity index (χ3n) is 6.24. The predicted molar refractivity (Wildman–Crippen MR) is 80.1 cm³/mol. The minimum Gasteiger partial charge on any atom is -0.381 e. The molecule has 0 spiro atoms. The van der Waals surface area contributed by atoms with Gasteiger partial charge in [0.05, 0.1) is 12.2 Å². The van der Waals surface area contributed by atoms with Crippen molar-refractivity contribution in [1.29, 1.82) is 0 Å². The molecule has 0 unspecified atom stereocenters. The molecule has 0 aliphatic heterocycles. The first-order valence-corrected chi connectivity index (χ1v) is 8.77. The van der Waals surface area contributed by atoms with E-state index in [-0.39, 0.29) is 63.6 Å². The Kier molecular flexibility index (Phi) is 6.35. The normalized spacial score (nSPS) is 32.6. The van der Waals surface area contributed by atoms with Crippen LogP contribution in [0.4, 0.5) is 26.3 Å². The maximum atomic E-state index is 14.0. The molecule has 0 atom stereocenters. The van der Waals surface area contributed by atoms with Crippen molar-refractivity contribution in [2.24, 2.45) is 17.3 Å². The van der Waals surface area contributed by atoms with Gasteiger partial charge in [0.15, 0.2) is 5.41 Å². The van der Waals surface area contributed by atoms with E-state index in [0.29, 0.717) is 0 Å². The van der Waals surface area contributed by atoms with Gasteiger partial charge in [-0.3, -0.25) is 0 Å². The second-order valence-corrected chi connectivity index (χ2v) is 7.28. The van der Waals surface area contributed by atoms with Crippen LogP contribution in [0.15, 0.2) is 0 Å². The van der Waals surface area contributed by atoms with Gasteiger partial charge in [-0.05, 0) is 63.2 Å². The summed E-state index contributed by atoms with van der Waals surface area (Å²) < 4.78 is 94.3. The summed E-state index contributed by atoms with van der Waals surface area (Å²) in [5.41, 5.74) is -3.63. The summed E-state index contributed by atoms with van der Waals surface area (Å²) in [5, 5.41) is 0. The molecule has 2 nitrogen and oxygen atoms in total. The first-order chi connectivity index (χ1) is 11.6. The Bertz CT molecular complexity index is 378. The lowest BCUT2D eigenvalue weighted by atomic mass is 9.57. The highest BCUT2D eigenvalue weighted by atomic mass is 19.4. The zero-order valence-corrected chi connectivity index (χ0v) is 14.6. The third-order valence-corrected chi connectivity index (χ3v) is 6.24. The van der Waals surface area contributed by atoms with Crippen LogP contribution in [0.3, 0.4) is 0 Å². The highest BCUT2D eigenvalue weighted by Gasteiger charge is 2.76. The van der Waals surface area contributed by atoms with Gasteiger partial charge < -0.3 is 9.47 Å². The smallest absolute Gasteiger partial charge is 0.381 e. The Hall–Kier alpha value is -0.500. The van der Waals surface area contributed by atoms with Gasteiger partial charge in [-0.1, -0.05) is 0 Å². The van der Waals surface area contributed by atoms with Gasteiger partial charge in [0.25, 0.3) is 0 Å². The minimum atomic E-state index is -5.32. The van der Waals surface area contributed by atoms with Crippen molar-refractivity contribution in [3.63, 3.8) is 0 Å². The molecular formula is C17H26F6O2. The van der Waals surface area contributed by atoms with Crippen LogP contribution in [0.5, 0.6) is 0 Å². The molecule has 8 heteroatoms. The van der Waals surface area contributed by atoms with Crippen LogP contribution in [0, 0.1) is 17.3 Å². The van der Waals surface area contributed by atoms with E-state index in [1.54, 1.807) is 0 Å². The average molecular weight is 376 g/mol. The molecule has 2 aliphatic rings. The lowest BCUT2D eigenvalue weighted by Crippen LogP contribution is -2.60. The van der Waals surface area contributed by atoms with E-state index in [9.17, 15) is 26.3 Å². The van der Waals surface area contributed by atoms with Gasteiger partial charge in [0, 0.05) is 14.2 Å². The second kappa shape index (κ2) is 7.62. The number of methoxy groups -OCH3 is 2. The summed E-state index contributed by atoms with van der Waals surface area (Å²) in [6.45, 7) is 0. The van der Waals surface area contributed by atoms with E-state index in [2.05, 4.69) is 0 Å². The fourth-order valence-corrected chi connectivity index (χ4v) is 4.93. The lowest BCUT2D eigenvalue weighted by molar-refractivity contribution is -0.383. The third kappa shape index (κ3) is 3.80. The number of hydrogen-bond acceptors (Lipinski definition) is 2. The van der Waals surface area contributed by atoms with Crippen molar-refractivity contribution in [3.05, 3.63) is 0 Å². The highest BCUT2D eigenvalue weighted by molar-refractivity contribution is 5.05. The molecule has 0 N–H and O–H groups in total. The number of alkyl halides is 6. The molecule has 2 fully saturated rings. The molecule has 2 saturated carbocycles. The van der Waals surface area contributed by atoms with E-state index < -0.39 is 29.6 Å². The zero-order valence-electron chi connectivity index (χ0n) is 14.6. The largest absolute Gasteiger partial charge is 0.403 e. The Morgan fingerprint density at radius 2 is 0.840 bits per heavy atom. The Balaban J connectivity index is 2.37. The lowest BCUT2D eigenvalue weighted by Gasteiger charge is -2.51. The second-order valence-electron chi connectivity index (χ2n) is 7.28. The molecule has 0 amide bonds. The van der Waals surface area contributed by atoms with E-state index in [4.69, 9.17) is 9.47 Å². The van der Waals surface area contributed by atoms with Crippen molar-refractivity contribution >= 4 is 0 Å². The number of halogens is 6. The van der Waals surface area contributed by atoms with Crippen molar-refractivity contribution < 1.29 is 35.8 Å². The molecule has 0 aromatic carbocycles. The van der Waals surface area contributed by atoms with Crippen molar-refractivity contribution in [2.75, 3.05) is 14.2 Å². The average Bonchev–Trinajstić information content (AvgIpc) is 2.54. The maximum Gasteiger partial charge on any atom is 0.403 e. The summed E-state index contributed by atoms with van der Waals surface area (Å²) in [6.07, 6.45) is -10.6. The number of hydrogen-bond donors (Lipinski definition) is 0.